The molecule has 4 heteroatoms. The molecule has 2 rings (SSSR count). The van der Waals surface area contributed by atoms with Crippen molar-refractivity contribution in [1.29, 1.82) is 0 Å². The van der Waals surface area contributed by atoms with Gasteiger partial charge in [0.15, 0.2) is 0 Å². The molecule has 2 aromatic rings. The normalized spacial score (nSPS) is 12.2. The van der Waals surface area contributed by atoms with Crippen LogP contribution in [0.15, 0.2) is 24.3 Å². The zero-order chi connectivity index (χ0) is 13.9. The van der Waals surface area contributed by atoms with Crippen LogP contribution in [-0.4, -0.2) is 33.2 Å². The number of aliphatic hydroxyl groups excluding tert-OH is 2. The van der Waals surface area contributed by atoms with E-state index in [9.17, 15) is 10.2 Å². The predicted octanol–water partition coefficient (Wildman–Crippen LogP) is 1.98. The van der Waals surface area contributed by atoms with Crippen molar-refractivity contribution in [1.82, 2.24) is 9.78 Å². The lowest BCUT2D eigenvalue weighted by Crippen LogP contribution is -2.31. The molecule has 1 aromatic heterocycles. The Labute approximate surface area is 113 Å². The number of rotatable bonds is 6. The van der Waals surface area contributed by atoms with Crippen molar-refractivity contribution in [2.75, 3.05) is 13.2 Å². The minimum Gasteiger partial charge on any atom is -0.396 e. The van der Waals surface area contributed by atoms with Gasteiger partial charge in [0.05, 0.1) is 24.4 Å². The van der Waals surface area contributed by atoms with Crippen LogP contribution in [0.3, 0.4) is 0 Å². The van der Waals surface area contributed by atoms with E-state index in [0.29, 0.717) is 6.42 Å². The van der Waals surface area contributed by atoms with Gasteiger partial charge in [0.25, 0.3) is 0 Å². The standard InChI is InChI=1S/C15H22N2O2/c1-3-15(10-18,11-19)9-13-12-7-5-6-8-14(12)17(4-2)16-13/h5-8,18-19H,3-4,9-11H2,1-2H3. The van der Waals surface area contributed by atoms with E-state index < -0.39 is 5.41 Å². The van der Waals surface area contributed by atoms with Gasteiger partial charge < -0.3 is 10.2 Å². The van der Waals surface area contributed by atoms with Crippen molar-refractivity contribution in [2.45, 2.75) is 33.2 Å². The zero-order valence-electron chi connectivity index (χ0n) is 11.6. The van der Waals surface area contributed by atoms with Gasteiger partial charge in [0, 0.05) is 23.8 Å². The molecule has 19 heavy (non-hydrogen) atoms. The first kappa shape index (κ1) is 14.0. The summed E-state index contributed by atoms with van der Waals surface area (Å²) in [4.78, 5) is 0. The zero-order valence-corrected chi connectivity index (χ0v) is 11.6. The van der Waals surface area contributed by atoms with E-state index in [-0.39, 0.29) is 13.2 Å². The van der Waals surface area contributed by atoms with Crippen LogP contribution in [-0.2, 0) is 13.0 Å². The number of nitrogens with zero attached hydrogens (tertiary/aromatic N) is 2. The van der Waals surface area contributed by atoms with Crippen LogP contribution >= 0.6 is 0 Å². The fourth-order valence-electron chi connectivity index (χ4n) is 2.43. The van der Waals surface area contributed by atoms with Crippen LogP contribution in [0.2, 0.25) is 0 Å². The summed E-state index contributed by atoms with van der Waals surface area (Å²) in [6, 6.07) is 8.12. The third kappa shape index (κ3) is 2.51. The second-order valence-corrected chi connectivity index (χ2v) is 5.13. The highest BCUT2D eigenvalue weighted by molar-refractivity contribution is 5.82. The van der Waals surface area contributed by atoms with Crippen molar-refractivity contribution >= 4 is 10.9 Å². The second-order valence-electron chi connectivity index (χ2n) is 5.13. The number of hydrogen-bond acceptors (Lipinski definition) is 3. The predicted molar refractivity (Wildman–Crippen MR) is 76.0 cm³/mol. The van der Waals surface area contributed by atoms with E-state index in [4.69, 9.17) is 0 Å². The van der Waals surface area contributed by atoms with Crippen molar-refractivity contribution < 1.29 is 10.2 Å². The van der Waals surface area contributed by atoms with E-state index in [1.165, 1.54) is 0 Å². The van der Waals surface area contributed by atoms with Gasteiger partial charge in [0.1, 0.15) is 0 Å². The Morgan fingerprint density at radius 2 is 1.84 bits per heavy atom. The number of aromatic nitrogens is 2. The fraction of sp³-hybridized carbons (Fsp3) is 0.533. The summed E-state index contributed by atoms with van der Waals surface area (Å²) in [5.41, 5.74) is 1.60. The van der Waals surface area contributed by atoms with E-state index in [2.05, 4.69) is 24.2 Å². The molecule has 0 radical (unpaired) electrons. The average Bonchev–Trinajstić information content (AvgIpc) is 2.83. The van der Waals surface area contributed by atoms with Gasteiger partial charge >= 0.3 is 0 Å². The molecule has 0 spiro atoms. The molecule has 2 N–H and O–H groups in total. The molecule has 0 bridgehead atoms. The molecule has 0 saturated carbocycles. The summed E-state index contributed by atoms with van der Waals surface area (Å²) in [6.07, 6.45) is 1.33. The van der Waals surface area contributed by atoms with Crippen LogP contribution in [0.4, 0.5) is 0 Å². The number of para-hydroxylation sites is 1. The molecule has 0 aliphatic carbocycles. The van der Waals surface area contributed by atoms with E-state index in [0.717, 1.165) is 29.6 Å². The van der Waals surface area contributed by atoms with E-state index >= 15 is 0 Å². The third-order valence-electron chi connectivity index (χ3n) is 4.00. The van der Waals surface area contributed by atoms with Gasteiger partial charge in [-0.15, -0.1) is 0 Å². The number of hydrogen-bond donors (Lipinski definition) is 2. The average molecular weight is 262 g/mol. The Morgan fingerprint density at radius 1 is 1.16 bits per heavy atom. The highest BCUT2D eigenvalue weighted by Gasteiger charge is 2.29. The Morgan fingerprint density at radius 3 is 2.42 bits per heavy atom. The highest BCUT2D eigenvalue weighted by Crippen LogP contribution is 2.29. The van der Waals surface area contributed by atoms with Gasteiger partial charge in [-0.2, -0.15) is 5.10 Å². The molecule has 0 aliphatic heterocycles. The summed E-state index contributed by atoms with van der Waals surface area (Å²) < 4.78 is 1.97. The van der Waals surface area contributed by atoms with Crippen LogP contribution in [0.25, 0.3) is 10.9 Å². The second kappa shape index (κ2) is 5.72. The van der Waals surface area contributed by atoms with E-state index in [1.807, 2.05) is 23.7 Å². The molecule has 1 heterocycles. The minimum atomic E-state index is -0.476. The molecular weight excluding hydrogens is 240 g/mol. The third-order valence-corrected chi connectivity index (χ3v) is 4.00. The van der Waals surface area contributed by atoms with E-state index in [1.54, 1.807) is 0 Å². The molecule has 0 atom stereocenters. The number of fused-ring (bicyclic) bond motifs is 1. The van der Waals surface area contributed by atoms with Crippen molar-refractivity contribution in [2.24, 2.45) is 5.41 Å². The lowest BCUT2D eigenvalue weighted by molar-refractivity contribution is 0.0507. The smallest absolute Gasteiger partial charge is 0.0710 e. The van der Waals surface area contributed by atoms with Gasteiger partial charge in [-0.25, -0.2) is 0 Å². The lowest BCUT2D eigenvalue weighted by atomic mass is 9.82. The lowest BCUT2D eigenvalue weighted by Gasteiger charge is -2.27. The van der Waals surface area contributed by atoms with Crippen LogP contribution in [0.1, 0.15) is 26.0 Å². The number of benzene rings is 1. The number of aryl methyl sites for hydroxylation is 1. The molecule has 0 fully saturated rings. The fourth-order valence-corrected chi connectivity index (χ4v) is 2.43. The Bertz CT molecular complexity index is 536. The SMILES string of the molecule is CCn1nc(CC(CC)(CO)CO)c2ccccc21. The van der Waals surface area contributed by atoms with Crippen LogP contribution in [0.5, 0.6) is 0 Å². The number of aliphatic hydroxyl groups is 2. The van der Waals surface area contributed by atoms with Gasteiger partial charge in [-0.05, 0) is 19.4 Å². The first-order chi connectivity index (χ1) is 9.19. The van der Waals surface area contributed by atoms with Crippen LogP contribution < -0.4 is 0 Å². The molecule has 0 unspecified atom stereocenters. The molecule has 104 valence electrons. The molecule has 0 amide bonds. The van der Waals surface area contributed by atoms with Crippen molar-refractivity contribution in [3.63, 3.8) is 0 Å². The molecule has 0 aliphatic rings. The van der Waals surface area contributed by atoms with Gasteiger partial charge in [0.2, 0.25) is 0 Å². The van der Waals surface area contributed by atoms with Gasteiger partial charge in [-0.1, -0.05) is 25.1 Å². The van der Waals surface area contributed by atoms with Crippen LogP contribution in [0, 0.1) is 5.41 Å². The molecule has 4 nitrogen and oxygen atoms in total. The summed E-state index contributed by atoms with van der Waals surface area (Å²) in [7, 11) is 0. The maximum Gasteiger partial charge on any atom is 0.0710 e. The maximum atomic E-state index is 9.58. The summed E-state index contributed by atoms with van der Waals surface area (Å²) >= 11 is 0. The van der Waals surface area contributed by atoms with Crippen molar-refractivity contribution in [3.8, 4) is 0 Å². The monoisotopic (exact) mass is 262 g/mol. The topological polar surface area (TPSA) is 58.3 Å². The largest absolute Gasteiger partial charge is 0.396 e. The molecular formula is C15H22N2O2. The highest BCUT2D eigenvalue weighted by atomic mass is 16.3. The first-order valence-corrected chi connectivity index (χ1v) is 6.86. The van der Waals surface area contributed by atoms with Crippen molar-refractivity contribution in [3.05, 3.63) is 30.0 Å². The summed E-state index contributed by atoms with van der Waals surface area (Å²) in [5, 5.41) is 24.9. The summed E-state index contributed by atoms with van der Waals surface area (Å²) in [5.74, 6) is 0. The Balaban J connectivity index is 2.45. The molecule has 0 saturated heterocycles. The minimum absolute atomic E-state index is 0.0205. The first-order valence-electron chi connectivity index (χ1n) is 6.86. The van der Waals surface area contributed by atoms with Gasteiger partial charge in [-0.3, -0.25) is 4.68 Å². The quantitative estimate of drug-likeness (QED) is 0.837. The Kier molecular flexibility index (Phi) is 4.22. The molecule has 1 aromatic carbocycles. The maximum absolute atomic E-state index is 9.58. The Hall–Kier alpha value is -1.39. The summed E-state index contributed by atoms with van der Waals surface area (Å²) in [6.45, 7) is 4.83.